The standard InChI is InChI=1S/C13H14N2OS/c1-14-13(16)11-4-2-10(3-5-11)8-15-12-6-7-17-9-12/h2-7,9,15H,8H2,1H3,(H,14,16). The van der Waals surface area contributed by atoms with Gasteiger partial charge in [-0.3, -0.25) is 4.79 Å². The topological polar surface area (TPSA) is 41.1 Å². The molecule has 1 aromatic carbocycles. The second kappa shape index (κ2) is 5.50. The summed E-state index contributed by atoms with van der Waals surface area (Å²) in [7, 11) is 1.63. The van der Waals surface area contributed by atoms with E-state index >= 15 is 0 Å². The van der Waals surface area contributed by atoms with E-state index in [2.05, 4.69) is 16.0 Å². The largest absolute Gasteiger partial charge is 0.380 e. The second-order valence-electron chi connectivity index (χ2n) is 3.64. The number of hydrogen-bond acceptors (Lipinski definition) is 3. The van der Waals surface area contributed by atoms with Gasteiger partial charge in [-0.1, -0.05) is 12.1 Å². The first-order valence-corrected chi connectivity index (χ1v) is 6.31. The smallest absolute Gasteiger partial charge is 0.251 e. The average Bonchev–Trinajstić information content (AvgIpc) is 2.89. The SMILES string of the molecule is CNC(=O)c1ccc(CNc2ccsc2)cc1. The predicted octanol–water partition coefficient (Wildman–Crippen LogP) is 2.72. The van der Waals surface area contributed by atoms with Gasteiger partial charge in [0.15, 0.2) is 0 Å². The molecule has 0 saturated heterocycles. The second-order valence-corrected chi connectivity index (χ2v) is 4.42. The molecule has 0 aliphatic heterocycles. The van der Waals surface area contributed by atoms with Gasteiger partial charge in [-0.25, -0.2) is 0 Å². The van der Waals surface area contributed by atoms with E-state index in [0.717, 1.165) is 17.8 Å². The van der Waals surface area contributed by atoms with Crippen LogP contribution < -0.4 is 10.6 Å². The summed E-state index contributed by atoms with van der Waals surface area (Å²) in [5, 5.41) is 10.0. The molecule has 0 spiro atoms. The molecule has 0 aliphatic carbocycles. The summed E-state index contributed by atoms with van der Waals surface area (Å²) >= 11 is 1.67. The number of anilines is 1. The van der Waals surface area contributed by atoms with E-state index in [1.54, 1.807) is 18.4 Å². The Morgan fingerprint density at radius 1 is 1.24 bits per heavy atom. The number of carbonyl (C=O) groups is 1. The first kappa shape index (κ1) is 11.7. The summed E-state index contributed by atoms with van der Waals surface area (Å²) in [5.41, 5.74) is 2.97. The van der Waals surface area contributed by atoms with Crippen molar-refractivity contribution < 1.29 is 4.79 Å². The van der Waals surface area contributed by atoms with Crippen molar-refractivity contribution in [3.05, 3.63) is 52.2 Å². The van der Waals surface area contributed by atoms with E-state index in [9.17, 15) is 4.79 Å². The van der Waals surface area contributed by atoms with Gasteiger partial charge in [-0.2, -0.15) is 11.3 Å². The van der Waals surface area contributed by atoms with Gasteiger partial charge in [0.1, 0.15) is 0 Å². The van der Waals surface area contributed by atoms with Crippen molar-refractivity contribution >= 4 is 22.9 Å². The lowest BCUT2D eigenvalue weighted by atomic mass is 10.1. The van der Waals surface area contributed by atoms with Crippen LogP contribution in [0.4, 0.5) is 5.69 Å². The molecule has 0 radical (unpaired) electrons. The van der Waals surface area contributed by atoms with E-state index in [4.69, 9.17) is 0 Å². The summed E-state index contributed by atoms with van der Waals surface area (Å²) < 4.78 is 0. The molecule has 0 atom stereocenters. The van der Waals surface area contributed by atoms with E-state index in [1.165, 1.54) is 0 Å². The van der Waals surface area contributed by atoms with Gasteiger partial charge in [0.05, 0.1) is 0 Å². The molecular weight excluding hydrogens is 232 g/mol. The summed E-state index contributed by atoms with van der Waals surface area (Å²) in [5.74, 6) is -0.0534. The average molecular weight is 246 g/mol. The van der Waals surface area contributed by atoms with Gasteiger partial charge in [-0.05, 0) is 29.1 Å². The van der Waals surface area contributed by atoms with Crippen molar-refractivity contribution in [2.45, 2.75) is 6.54 Å². The van der Waals surface area contributed by atoms with Crippen molar-refractivity contribution in [1.29, 1.82) is 0 Å². The van der Waals surface area contributed by atoms with Gasteiger partial charge in [-0.15, -0.1) is 0 Å². The Kier molecular flexibility index (Phi) is 3.77. The fourth-order valence-electron chi connectivity index (χ4n) is 1.49. The molecule has 1 amide bonds. The van der Waals surface area contributed by atoms with Crippen LogP contribution in [0.5, 0.6) is 0 Å². The minimum atomic E-state index is -0.0534. The molecule has 1 heterocycles. The number of thiophene rings is 1. The van der Waals surface area contributed by atoms with Crippen LogP contribution in [0.15, 0.2) is 41.1 Å². The van der Waals surface area contributed by atoms with Crippen molar-refractivity contribution in [2.24, 2.45) is 0 Å². The van der Waals surface area contributed by atoms with Gasteiger partial charge in [0.25, 0.3) is 5.91 Å². The first-order chi connectivity index (χ1) is 8.29. The molecule has 1 aromatic heterocycles. The predicted molar refractivity (Wildman–Crippen MR) is 71.5 cm³/mol. The molecule has 2 N–H and O–H groups in total. The number of nitrogens with one attached hydrogen (secondary N) is 2. The zero-order chi connectivity index (χ0) is 12.1. The highest BCUT2D eigenvalue weighted by Crippen LogP contribution is 2.13. The zero-order valence-corrected chi connectivity index (χ0v) is 10.4. The molecule has 3 nitrogen and oxygen atoms in total. The van der Waals surface area contributed by atoms with Crippen molar-refractivity contribution in [3.63, 3.8) is 0 Å². The van der Waals surface area contributed by atoms with Crippen molar-refractivity contribution in [2.75, 3.05) is 12.4 Å². The fraction of sp³-hybridized carbons (Fsp3) is 0.154. The minimum Gasteiger partial charge on any atom is -0.380 e. The number of hydrogen-bond donors (Lipinski definition) is 2. The number of benzene rings is 1. The monoisotopic (exact) mass is 246 g/mol. The minimum absolute atomic E-state index is 0.0534. The summed E-state index contributed by atoms with van der Waals surface area (Å²) in [6.45, 7) is 0.769. The molecule has 88 valence electrons. The van der Waals surface area contributed by atoms with Gasteiger partial charge in [0.2, 0.25) is 0 Å². The number of amides is 1. The Balaban J connectivity index is 1.96. The first-order valence-electron chi connectivity index (χ1n) is 5.36. The summed E-state index contributed by atoms with van der Waals surface area (Å²) in [4.78, 5) is 11.3. The van der Waals surface area contributed by atoms with Crippen LogP contribution in [0.2, 0.25) is 0 Å². The van der Waals surface area contributed by atoms with Crippen LogP contribution in [0.1, 0.15) is 15.9 Å². The van der Waals surface area contributed by atoms with Gasteiger partial charge in [0, 0.05) is 30.2 Å². The molecule has 17 heavy (non-hydrogen) atoms. The Morgan fingerprint density at radius 2 is 2.00 bits per heavy atom. The van der Waals surface area contributed by atoms with Crippen LogP contribution in [-0.4, -0.2) is 13.0 Å². The molecule has 2 aromatic rings. The maximum atomic E-state index is 11.3. The third-order valence-electron chi connectivity index (χ3n) is 2.46. The lowest BCUT2D eigenvalue weighted by molar-refractivity contribution is 0.0963. The quantitative estimate of drug-likeness (QED) is 0.871. The summed E-state index contributed by atoms with van der Waals surface area (Å²) in [6, 6.07) is 9.64. The highest BCUT2D eigenvalue weighted by molar-refractivity contribution is 7.08. The van der Waals surface area contributed by atoms with Crippen LogP contribution in [-0.2, 0) is 6.54 Å². The molecule has 0 unspecified atom stereocenters. The third kappa shape index (κ3) is 3.07. The van der Waals surface area contributed by atoms with Crippen LogP contribution in [0, 0.1) is 0 Å². The Bertz CT molecular complexity index is 477. The Morgan fingerprint density at radius 3 is 2.59 bits per heavy atom. The van der Waals surface area contributed by atoms with Gasteiger partial charge >= 0.3 is 0 Å². The molecule has 2 rings (SSSR count). The highest BCUT2D eigenvalue weighted by Gasteiger charge is 2.02. The van der Waals surface area contributed by atoms with E-state index in [1.807, 2.05) is 35.7 Å². The maximum absolute atomic E-state index is 11.3. The summed E-state index contributed by atoms with van der Waals surface area (Å²) in [6.07, 6.45) is 0. The molecule has 0 bridgehead atoms. The fourth-order valence-corrected chi connectivity index (χ4v) is 2.10. The number of rotatable bonds is 4. The third-order valence-corrected chi connectivity index (χ3v) is 3.14. The van der Waals surface area contributed by atoms with E-state index < -0.39 is 0 Å². The van der Waals surface area contributed by atoms with Crippen LogP contribution in [0.25, 0.3) is 0 Å². The lowest BCUT2D eigenvalue weighted by Crippen LogP contribution is -2.17. The van der Waals surface area contributed by atoms with Crippen molar-refractivity contribution in [3.8, 4) is 0 Å². The zero-order valence-electron chi connectivity index (χ0n) is 9.57. The van der Waals surface area contributed by atoms with Crippen molar-refractivity contribution in [1.82, 2.24) is 5.32 Å². The molecule has 0 saturated carbocycles. The lowest BCUT2D eigenvalue weighted by Gasteiger charge is -2.05. The molecular formula is C13H14N2OS. The normalized spacial score (nSPS) is 9.94. The van der Waals surface area contributed by atoms with Crippen LogP contribution in [0.3, 0.4) is 0 Å². The van der Waals surface area contributed by atoms with Crippen LogP contribution >= 0.6 is 11.3 Å². The molecule has 0 aliphatic rings. The van der Waals surface area contributed by atoms with E-state index in [0.29, 0.717) is 5.56 Å². The number of carbonyl (C=O) groups excluding carboxylic acids is 1. The van der Waals surface area contributed by atoms with Gasteiger partial charge < -0.3 is 10.6 Å². The maximum Gasteiger partial charge on any atom is 0.251 e. The Labute approximate surface area is 104 Å². The molecule has 0 fully saturated rings. The highest BCUT2D eigenvalue weighted by atomic mass is 32.1. The Hall–Kier alpha value is -1.81. The van der Waals surface area contributed by atoms with E-state index in [-0.39, 0.29) is 5.91 Å². The molecule has 4 heteroatoms.